The summed E-state index contributed by atoms with van der Waals surface area (Å²) in [5.74, 6) is 0. The zero-order chi connectivity index (χ0) is 13.2. The lowest BCUT2D eigenvalue weighted by molar-refractivity contribution is -0.138. The number of fused-ring (bicyclic) bond motifs is 1. The second-order valence-corrected chi connectivity index (χ2v) is 6.02. The number of rotatable bonds is 4. The third kappa shape index (κ3) is 3.92. The first-order valence-corrected chi connectivity index (χ1v) is 6.87. The van der Waals surface area contributed by atoms with Crippen molar-refractivity contribution in [1.29, 1.82) is 0 Å². The second kappa shape index (κ2) is 5.53. The van der Waals surface area contributed by atoms with Crippen LogP contribution in [0.4, 0.5) is 13.2 Å². The molecule has 0 aromatic heterocycles. The van der Waals surface area contributed by atoms with Gasteiger partial charge in [-0.25, -0.2) is 0 Å². The normalized spacial score (nSPS) is 20.8. The van der Waals surface area contributed by atoms with Gasteiger partial charge in [-0.05, 0) is 25.0 Å². The SMILES string of the molecule is CC(CC(F)(F)F)NCC1Cc2ccccc2S1. The van der Waals surface area contributed by atoms with Crippen molar-refractivity contribution in [3.8, 4) is 0 Å². The Balaban J connectivity index is 1.77. The summed E-state index contributed by atoms with van der Waals surface area (Å²) in [5.41, 5.74) is 1.30. The highest BCUT2D eigenvalue weighted by atomic mass is 32.2. The molecule has 2 unspecified atom stereocenters. The molecule has 0 aliphatic carbocycles. The Labute approximate surface area is 109 Å². The molecule has 5 heteroatoms. The maximum Gasteiger partial charge on any atom is 0.390 e. The lowest BCUT2D eigenvalue weighted by atomic mass is 10.1. The number of hydrogen-bond donors (Lipinski definition) is 1. The van der Waals surface area contributed by atoms with E-state index < -0.39 is 18.6 Å². The molecule has 1 aromatic carbocycles. The van der Waals surface area contributed by atoms with Crippen LogP contribution in [0.25, 0.3) is 0 Å². The molecular formula is C13H16F3NS. The van der Waals surface area contributed by atoms with Crippen LogP contribution < -0.4 is 5.32 Å². The number of hydrogen-bond acceptors (Lipinski definition) is 2. The first kappa shape index (κ1) is 13.7. The average molecular weight is 275 g/mol. The van der Waals surface area contributed by atoms with Gasteiger partial charge in [0.15, 0.2) is 0 Å². The van der Waals surface area contributed by atoms with Gasteiger partial charge in [-0.2, -0.15) is 13.2 Å². The van der Waals surface area contributed by atoms with Crippen LogP contribution in [0.2, 0.25) is 0 Å². The van der Waals surface area contributed by atoms with Gasteiger partial charge in [-0.3, -0.25) is 0 Å². The fourth-order valence-corrected chi connectivity index (χ4v) is 3.38. The number of halogens is 3. The van der Waals surface area contributed by atoms with Gasteiger partial charge in [0.25, 0.3) is 0 Å². The summed E-state index contributed by atoms with van der Waals surface area (Å²) >= 11 is 1.75. The molecule has 100 valence electrons. The summed E-state index contributed by atoms with van der Waals surface area (Å²) in [6, 6.07) is 7.63. The maximum absolute atomic E-state index is 12.2. The van der Waals surface area contributed by atoms with Crippen molar-refractivity contribution in [2.45, 2.75) is 42.1 Å². The molecular weight excluding hydrogens is 259 g/mol. The summed E-state index contributed by atoms with van der Waals surface area (Å²) in [5, 5.41) is 3.32. The molecule has 1 nitrogen and oxygen atoms in total. The zero-order valence-electron chi connectivity index (χ0n) is 10.1. The molecule has 1 aliphatic heterocycles. The van der Waals surface area contributed by atoms with Gasteiger partial charge < -0.3 is 5.32 Å². The number of benzene rings is 1. The van der Waals surface area contributed by atoms with Crippen LogP contribution in [0.3, 0.4) is 0 Å². The van der Waals surface area contributed by atoms with Crippen LogP contribution in [0.5, 0.6) is 0 Å². The molecule has 0 radical (unpaired) electrons. The molecule has 2 atom stereocenters. The Morgan fingerprint density at radius 1 is 1.39 bits per heavy atom. The monoisotopic (exact) mass is 275 g/mol. The number of alkyl halides is 3. The van der Waals surface area contributed by atoms with Crippen LogP contribution in [0.1, 0.15) is 18.9 Å². The third-order valence-corrected chi connectivity index (χ3v) is 4.26. The lowest BCUT2D eigenvalue weighted by Gasteiger charge is -2.18. The maximum atomic E-state index is 12.2. The van der Waals surface area contributed by atoms with Crippen molar-refractivity contribution in [1.82, 2.24) is 5.32 Å². The molecule has 2 rings (SSSR count). The van der Waals surface area contributed by atoms with Gasteiger partial charge in [0.1, 0.15) is 0 Å². The largest absolute Gasteiger partial charge is 0.390 e. The van der Waals surface area contributed by atoms with E-state index in [-0.39, 0.29) is 0 Å². The minimum Gasteiger partial charge on any atom is -0.313 e. The topological polar surface area (TPSA) is 12.0 Å². The Morgan fingerprint density at radius 2 is 2.11 bits per heavy atom. The van der Waals surface area contributed by atoms with Crippen molar-refractivity contribution in [2.75, 3.05) is 6.54 Å². The predicted octanol–water partition coefficient (Wildman–Crippen LogP) is 3.63. The first-order valence-electron chi connectivity index (χ1n) is 5.99. The molecule has 0 saturated carbocycles. The number of thioether (sulfide) groups is 1. The van der Waals surface area contributed by atoms with Crippen molar-refractivity contribution in [2.24, 2.45) is 0 Å². The van der Waals surface area contributed by atoms with Crippen LogP contribution in [0, 0.1) is 0 Å². The summed E-state index contributed by atoms with van der Waals surface area (Å²) < 4.78 is 36.5. The highest BCUT2D eigenvalue weighted by molar-refractivity contribution is 8.00. The predicted molar refractivity (Wildman–Crippen MR) is 67.9 cm³/mol. The quantitative estimate of drug-likeness (QED) is 0.900. The fraction of sp³-hybridized carbons (Fsp3) is 0.538. The van der Waals surface area contributed by atoms with Gasteiger partial charge in [0, 0.05) is 22.7 Å². The van der Waals surface area contributed by atoms with E-state index >= 15 is 0 Å². The fourth-order valence-electron chi connectivity index (χ4n) is 2.12. The van der Waals surface area contributed by atoms with Crippen molar-refractivity contribution >= 4 is 11.8 Å². The van der Waals surface area contributed by atoms with E-state index in [0.717, 1.165) is 6.42 Å². The van der Waals surface area contributed by atoms with Gasteiger partial charge in [0.2, 0.25) is 0 Å². The van der Waals surface area contributed by atoms with E-state index in [4.69, 9.17) is 0 Å². The highest BCUT2D eigenvalue weighted by Crippen LogP contribution is 2.36. The van der Waals surface area contributed by atoms with E-state index in [1.807, 2.05) is 12.1 Å². The Morgan fingerprint density at radius 3 is 2.78 bits per heavy atom. The molecule has 0 spiro atoms. The third-order valence-electron chi connectivity index (χ3n) is 2.95. The van der Waals surface area contributed by atoms with Crippen LogP contribution >= 0.6 is 11.8 Å². The highest BCUT2D eigenvalue weighted by Gasteiger charge is 2.30. The van der Waals surface area contributed by atoms with E-state index in [1.165, 1.54) is 10.5 Å². The number of nitrogens with one attached hydrogen (secondary N) is 1. The second-order valence-electron chi connectivity index (χ2n) is 4.68. The summed E-state index contributed by atoms with van der Waals surface area (Å²) in [6.45, 7) is 2.21. The molecule has 1 N–H and O–H groups in total. The lowest BCUT2D eigenvalue weighted by Crippen LogP contribution is -2.35. The molecule has 1 aromatic rings. The van der Waals surface area contributed by atoms with Crippen LogP contribution in [-0.4, -0.2) is 24.0 Å². The van der Waals surface area contributed by atoms with Crippen molar-refractivity contribution < 1.29 is 13.2 Å². The summed E-state index contributed by atoms with van der Waals surface area (Å²) in [4.78, 5) is 1.26. The van der Waals surface area contributed by atoms with E-state index in [9.17, 15) is 13.2 Å². The molecule has 1 heterocycles. The standard InChI is InChI=1S/C13H16F3NS/c1-9(7-13(14,15)16)17-8-11-6-10-4-2-3-5-12(10)18-11/h2-5,9,11,17H,6-8H2,1H3. The van der Waals surface area contributed by atoms with Gasteiger partial charge in [-0.15, -0.1) is 11.8 Å². The van der Waals surface area contributed by atoms with E-state index in [2.05, 4.69) is 17.4 Å². The average Bonchev–Trinajstić information content (AvgIpc) is 2.66. The van der Waals surface area contributed by atoms with Crippen molar-refractivity contribution in [3.05, 3.63) is 29.8 Å². The van der Waals surface area contributed by atoms with Gasteiger partial charge in [-0.1, -0.05) is 18.2 Å². The van der Waals surface area contributed by atoms with Crippen LogP contribution in [-0.2, 0) is 6.42 Å². The minimum atomic E-state index is -4.09. The molecule has 0 fully saturated rings. The van der Waals surface area contributed by atoms with Gasteiger partial charge >= 0.3 is 6.18 Å². The molecule has 1 aliphatic rings. The van der Waals surface area contributed by atoms with Gasteiger partial charge in [0.05, 0.1) is 6.42 Å². The van der Waals surface area contributed by atoms with E-state index in [0.29, 0.717) is 11.8 Å². The molecule has 0 saturated heterocycles. The zero-order valence-corrected chi connectivity index (χ0v) is 10.9. The Bertz CT molecular complexity index is 380. The minimum absolute atomic E-state index is 0.345. The van der Waals surface area contributed by atoms with E-state index in [1.54, 1.807) is 18.7 Å². The summed E-state index contributed by atoms with van der Waals surface area (Å²) in [7, 11) is 0. The van der Waals surface area contributed by atoms with Crippen LogP contribution in [0.15, 0.2) is 29.2 Å². The summed E-state index contributed by atoms with van der Waals surface area (Å²) in [6.07, 6.45) is -3.91. The smallest absolute Gasteiger partial charge is 0.313 e. The molecule has 0 bridgehead atoms. The Hall–Kier alpha value is -0.680. The first-order chi connectivity index (χ1) is 8.44. The Kier molecular flexibility index (Phi) is 4.22. The molecule has 0 amide bonds. The van der Waals surface area contributed by atoms with Crippen molar-refractivity contribution in [3.63, 3.8) is 0 Å². The molecule has 18 heavy (non-hydrogen) atoms.